The van der Waals surface area contributed by atoms with Crippen molar-refractivity contribution >= 4 is 17.4 Å². The van der Waals surface area contributed by atoms with E-state index < -0.39 is 12.2 Å². The van der Waals surface area contributed by atoms with Gasteiger partial charge in [-0.2, -0.15) is 0 Å². The number of rotatable bonds is 3. The molecule has 0 spiro atoms. The average Bonchev–Trinajstić information content (AvgIpc) is 2.82. The molecule has 2 aromatic rings. The van der Waals surface area contributed by atoms with Crippen LogP contribution in [0, 0.1) is 6.92 Å². The summed E-state index contributed by atoms with van der Waals surface area (Å²) < 4.78 is 5.33. The van der Waals surface area contributed by atoms with Crippen molar-refractivity contribution in [1.82, 2.24) is 10.3 Å². The molecule has 0 aliphatic heterocycles. The predicted octanol–water partition coefficient (Wildman–Crippen LogP) is 4.41. The first-order valence-corrected chi connectivity index (χ1v) is 8.27. The fourth-order valence-electron chi connectivity index (χ4n) is 2.17. The van der Waals surface area contributed by atoms with Crippen LogP contribution >= 0.6 is 11.3 Å². The first-order valence-electron chi connectivity index (χ1n) is 7.39. The summed E-state index contributed by atoms with van der Waals surface area (Å²) in [4.78, 5) is 17.1. The van der Waals surface area contributed by atoms with Crippen LogP contribution in [0.4, 0.5) is 4.79 Å². The van der Waals surface area contributed by atoms with Gasteiger partial charge in [0.2, 0.25) is 0 Å². The third-order valence-corrected chi connectivity index (χ3v) is 4.21. The summed E-state index contributed by atoms with van der Waals surface area (Å²) in [5, 5.41) is 13.0. The number of aromatic hydroxyl groups is 1. The molecule has 0 radical (unpaired) electrons. The highest BCUT2D eigenvalue weighted by Gasteiger charge is 2.20. The minimum Gasteiger partial charge on any atom is -0.508 e. The molecule has 1 heterocycles. The van der Waals surface area contributed by atoms with E-state index in [0.29, 0.717) is 5.56 Å². The van der Waals surface area contributed by atoms with E-state index in [4.69, 9.17) is 4.74 Å². The zero-order valence-electron chi connectivity index (χ0n) is 14.0. The van der Waals surface area contributed by atoms with Crippen LogP contribution in [0.25, 0.3) is 10.4 Å². The van der Waals surface area contributed by atoms with Crippen molar-refractivity contribution < 1.29 is 14.6 Å². The van der Waals surface area contributed by atoms with E-state index in [1.54, 1.807) is 24.6 Å². The number of ether oxygens (including phenoxy) is 1. The third-order valence-electron chi connectivity index (χ3n) is 3.24. The minimum atomic E-state index is -0.547. The van der Waals surface area contributed by atoms with Gasteiger partial charge in [-0.1, -0.05) is 12.1 Å². The predicted molar refractivity (Wildman–Crippen MR) is 91.7 cm³/mol. The lowest BCUT2D eigenvalue weighted by atomic mass is 10.0. The highest BCUT2D eigenvalue weighted by atomic mass is 32.1. The number of carbonyl (C=O) groups is 1. The van der Waals surface area contributed by atoms with Gasteiger partial charge in [0.15, 0.2) is 0 Å². The van der Waals surface area contributed by atoms with Crippen molar-refractivity contribution in [1.29, 1.82) is 0 Å². The summed E-state index contributed by atoms with van der Waals surface area (Å²) in [5.41, 5.74) is 3.80. The Morgan fingerprint density at radius 1 is 1.39 bits per heavy atom. The van der Waals surface area contributed by atoms with Gasteiger partial charge in [-0.15, -0.1) is 11.3 Å². The van der Waals surface area contributed by atoms with E-state index in [0.717, 1.165) is 16.1 Å². The standard InChI is InChI=1S/C17H22N2O3S/c1-10-15(23-9-18-10)12-6-7-13(14(20)8-12)11(2)22-16(21)19-17(3,4)5/h6-9,11,20H,1-5H3,(H,19,21). The van der Waals surface area contributed by atoms with Crippen LogP contribution < -0.4 is 5.32 Å². The van der Waals surface area contributed by atoms with Crippen molar-refractivity contribution in [3.8, 4) is 16.2 Å². The van der Waals surface area contributed by atoms with Gasteiger partial charge in [0.1, 0.15) is 11.9 Å². The number of nitrogens with zero attached hydrogens (tertiary/aromatic N) is 1. The highest BCUT2D eigenvalue weighted by Crippen LogP contribution is 2.34. The van der Waals surface area contributed by atoms with Gasteiger partial charge in [0, 0.05) is 11.1 Å². The number of hydrogen-bond acceptors (Lipinski definition) is 5. The molecule has 1 aromatic carbocycles. The SMILES string of the molecule is Cc1ncsc1-c1ccc(C(C)OC(=O)NC(C)(C)C)c(O)c1. The Morgan fingerprint density at radius 3 is 2.61 bits per heavy atom. The molecule has 0 bridgehead atoms. The second-order valence-electron chi connectivity index (χ2n) is 6.46. The normalized spacial score (nSPS) is 12.7. The van der Waals surface area contributed by atoms with Gasteiger partial charge >= 0.3 is 6.09 Å². The topological polar surface area (TPSA) is 71.5 Å². The first kappa shape index (κ1) is 17.3. The summed E-state index contributed by atoms with van der Waals surface area (Å²) in [6.07, 6.45) is -1.05. The number of nitrogens with one attached hydrogen (secondary N) is 1. The number of phenols is 1. The Hall–Kier alpha value is -2.08. The van der Waals surface area contributed by atoms with E-state index in [1.807, 2.05) is 33.8 Å². The fraction of sp³-hybridized carbons (Fsp3) is 0.412. The van der Waals surface area contributed by atoms with Gasteiger partial charge in [0.05, 0.1) is 16.1 Å². The van der Waals surface area contributed by atoms with Gasteiger partial charge in [-0.05, 0) is 46.2 Å². The molecular weight excluding hydrogens is 312 g/mol. The Morgan fingerprint density at radius 2 is 2.09 bits per heavy atom. The number of amides is 1. The molecule has 124 valence electrons. The number of aryl methyl sites for hydroxylation is 1. The largest absolute Gasteiger partial charge is 0.508 e. The quantitative estimate of drug-likeness (QED) is 0.872. The fourth-order valence-corrected chi connectivity index (χ4v) is 2.97. The summed E-state index contributed by atoms with van der Waals surface area (Å²) in [5.74, 6) is 0.103. The number of carbonyl (C=O) groups excluding carboxylic acids is 1. The van der Waals surface area contributed by atoms with E-state index in [9.17, 15) is 9.90 Å². The maximum Gasteiger partial charge on any atom is 0.408 e. The lowest BCUT2D eigenvalue weighted by Crippen LogP contribution is -2.41. The number of thiazole rings is 1. The smallest absolute Gasteiger partial charge is 0.408 e. The molecule has 0 aliphatic rings. The lowest BCUT2D eigenvalue weighted by molar-refractivity contribution is 0.0989. The number of benzene rings is 1. The van der Waals surface area contributed by atoms with Crippen LogP contribution in [0.3, 0.4) is 0 Å². The third kappa shape index (κ3) is 4.45. The molecule has 1 amide bonds. The minimum absolute atomic E-state index is 0.103. The van der Waals surface area contributed by atoms with Gasteiger partial charge in [-0.3, -0.25) is 0 Å². The molecule has 1 atom stereocenters. The molecule has 2 N–H and O–H groups in total. The molecule has 0 fully saturated rings. The second-order valence-corrected chi connectivity index (χ2v) is 7.32. The van der Waals surface area contributed by atoms with Gasteiger partial charge < -0.3 is 15.2 Å². The molecule has 0 saturated carbocycles. The second kappa shape index (κ2) is 6.58. The molecular formula is C17H22N2O3S. The zero-order chi connectivity index (χ0) is 17.2. The summed E-state index contributed by atoms with van der Waals surface area (Å²) in [6.45, 7) is 9.29. The van der Waals surface area contributed by atoms with Gasteiger partial charge in [-0.25, -0.2) is 9.78 Å². The summed E-state index contributed by atoms with van der Waals surface area (Å²) in [6, 6.07) is 5.35. The lowest BCUT2D eigenvalue weighted by Gasteiger charge is -2.22. The first-order chi connectivity index (χ1) is 10.7. The molecule has 1 aromatic heterocycles. The van der Waals surface area contributed by atoms with Crippen molar-refractivity contribution in [3.63, 3.8) is 0 Å². The Kier molecular flexibility index (Phi) is 4.94. The molecule has 0 aliphatic carbocycles. The van der Waals surface area contributed by atoms with Crippen molar-refractivity contribution in [2.24, 2.45) is 0 Å². The monoisotopic (exact) mass is 334 g/mol. The van der Waals surface area contributed by atoms with Crippen molar-refractivity contribution in [2.45, 2.75) is 46.3 Å². The van der Waals surface area contributed by atoms with Crippen LogP contribution in [0.2, 0.25) is 0 Å². The highest BCUT2D eigenvalue weighted by molar-refractivity contribution is 7.13. The molecule has 6 heteroatoms. The van der Waals surface area contributed by atoms with E-state index >= 15 is 0 Å². The maximum absolute atomic E-state index is 11.8. The number of hydrogen-bond donors (Lipinski definition) is 2. The molecule has 1 unspecified atom stereocenters. The Balaban J connectivity index is 2.14. The Labute approximate surface area is 140 Å². The van der Waals surface area contributed by atoms with Crippen LogP contribution in [-0.4, -0.2) is 21.7 Å². The van der Waals surface area contributed by atoms with Gasteiger partial charge in [0.25, 0.3) is 0 Å². The number of phenolic OH excluding ortho intramolecular Hbond substituents is 1. The Bertz CT molecular complexity index is 704. The van der Waals surface area contributed by atoms with Crippen molar-refractivity contribution in [3.05, 3.63) is 35.0 Å². The number of alkyl carbamates (subject to hydrolysis) is 1. The van der Waals surface area contributed by atoms with E-state index in [2.05, 4.69) is 10.3 Å². The summed E-state index contributed by atoms with van der Waals surface area (Å²) in [7, 11) is 0. The molecule has 2 rings (SSSR count). The van der Waals surface area contributed by atoms with E-state index in [1.165, 1.54) is 11.3 Å². The molecule has 0 saturated heterocycles. The van der Waals surface area contributed by atoms with Crippen LogP contribution in [0.15, 0.2) is 23.7 Å². The maximum atomic E-state index is 11.8. The van der Waals surface area contributed by atoms with Crippen LogP contribution in [-0.2, 0) is 4.74 Å². The van der Waals surface area contributed by atoms with Crippen molar-refractivity contribution in [2.75, 3.05) is 0 Å². The molecule has 23 heavy (non-hydrogen) atoms. The van der Waals surface area contributed by atoms with Crippen LogP contribution in [0.1, 0.15) is 45.1 Å². The zero-order valence-corrected chi connectivity index (χ0v) is 14.8. The summed E-state index contributed by atoms with van der Waals surface area (Å²) >= 11 is 1.53. The van der Waals surface area contributed by atoms with Crippen LogP contribution in [0.5, 0.6) is 5.75 Å². The molecule has 5 nitrogen and oxygen atoms in total. The van der Waals surface area contributed by atoms with E-state index in [-0.39, 0.29) is 11.3 Å². The number of aromatic nitrogens is 1. The average molecular weight is 334 g/mol.